The monoisotopic (exact) mass is 284 g/mol. The van der Waals surface area contributed by atoms with Gasteiger partial charge in [-0.15, -0.1) is 23.7 Å². The number of aryl methyl sites for hydroxylation is 1. The Labute approximate surface area is 115 Å². The first-order valence-electron chi connectivity index (χ1n) is 5.23. The molecule has 0 aliphatic carbocycles. The molecule has 0 unspecified atom stereocenters. The molecule has 0 amide bonds. The van der Waals surface area contributed by atoms with E-state index in [4.69, 9.17) is 4.74 Å². The number of pyridine rings is 1. The summed E-state index contributed by atoms with van der Waals surface area (Å²) in [4.78, 5) is 20.7. The Bertz CT molecular complexity index is 502. The number of carbonyl (C=O) groups excluding carboxylic acids is 1. The molecule has 0 spiro atoms. The molecule has 0 saturated heterocycles. The van der Waals surface area contributed by atoms with Crippen molar-refractivity contribution in [3.8, 4) is 0 Å². The molecule has 2 rings (SSSR count). The fourth-order valence-electron chi connectivity index (χ4n) is 1.37. The van der Waals surface area contributed by atoms with Gasteiger partial charge in [-0.3, -0.25) is 4.98 Å². The number of carbonyl (C=O) groups is 1. The van der Waals surface area contributed by atoms with E-state index < -0.39 is 0 Å². The number of halogens is 1. The fraction of sp³-hybridized carbons (Fsp3) is 0.250. The molecule has 96 valence electrons. The maximum Gasteiger partial charge on any atom is 0.339 e. The van der Waals surface area contributed by atoms with Gasteiger partial charge in [0.2, 0.25) is 0 Å². The summed E-state index contributed by atoms with van der Waals surface area (Å²) < 4.78 is 5.16. The van der Waals surface area contributed by atoms with Crippen molar-refractivity contribution in [1.82, 2.24) is 9.97 Å². The summed E-state index contributed by atoms with van der Waals surface area (Å²) in [6, 6.07) is 3.40. The molecule has 0 aromatic carbocycles. The number of nitrogens with zero attached hydrogens (tertiary/aromatic N) is 2. The molecule has 2 aromatic rings. The zero-order chi connectivity index (χ0) is 12.1. The number of hydrogen-bond acceptors (Lipinski definition) is 5. The molecular weight excluding hydrogens is 272 g/mol. The Balaban J connectivity index is 0.00000162. The van der Waals surface area contributed by atoms with E-state index in [1.54, 1.807) is 35.2 Å². The summed E-state index contributed by atoms with van der Waals surface area (Å²) in [5, 5.41) is 0. The number of ether oxygens (including phenoxy) is 1. The van der Waals surface area contributed by atoms with Gasteiger partial charge in [-0.2, -0.15) is 0 Å². The van der Waals surface area contributed by atoms with Gasteiger partial charge in [0.15, 0.2) is 0 Å². The quantitative estimate of drug-likeness (QED) is 0.810. The first-order valence-corrected chi connectivity index (χ1v) is 6.11. The van der Waals surface area contributed by atoms with E-state index in [2.05, 4.69) is 9.97 Å². The largest absolute Gasteiger partial charge is 0.462 e. The van der Waals surface area contributed by atoms with Crippen LogP contribution >= 0.6 is 23.7 Å². The van der Waals surface area contributed by atoms with Crippen LogP contribution in [0.5, 0.6) is 0 Å². The number of aromatic nitrogens is 2. The third-order valence-corrected chi connectivity index (χ3v) is 3.30. The normalized spacial score (nSPS) is 9.61. The van der Waals surface area contributed by atoms with E-state index in [-0.39, 0.29) is 18.4 Å². The van der Waals surface area contributed by atoms with Crippen molar-refractivity contribution < 1.29 is 9.53 Å². The Morgan fingerprint density at radius 1 is 1.50 bits per heavy atom. The van der Waals surface area contributed by atoms with Crippen molar-refractivity contribution in [2.45, 2.75) is 13.3 Å². The van der Waals surface area contributed by atoms with Gasteiger partial charge >= 0.3 is 5.97 Å². The van der Waals surface area contributed by atoms with Gasteiger partial charge in [0.1, 0.15) is 0 Å². The highest BCUT2D eigenvalue weighted by Gasteiger charge is 2.07. The molecule has 0 bridgehead atoms. The van der Waals surface area contributed by atoms with Crippen LogP contribution in [0, 0.1) is 6.92 Å². The van der Waals surface area contributed by atoms with Crippen molar-refractivity contribution in [2.24, 2.45) is 0 Å². The van der Waals surface area contributed by atoms with Gasteiger partial charge in [-0.05, 0) is 19.1 Å². The van der Waals surface area contributed by atoms with Crippen molar-refractivity contribution in [3.63, 3.8) is 0 Å². The summed E-state index contributed by atoms with van der Waals surface area (Å²) in [5.74, 6) is -0.333. The van der Waals surface area contributed by atoms with Gasteiger partial charge in [0, 0.05) is 23.7 Å². The highest BCUT2D eigenvalue weighted by atomic mass is 35.5. The zero-order valence-electron chi connectivity index (χ0n) is 9.83. The lowest BCUT2D eigenvalue weighted by atomic mass is 10.3. The van der Waals surface area contributed by atoms with E-state index >= 15 is 0 Å². The Hall–Kier alpha value is -1.46. The van der Waals surface area contributed by atoms with Crippen LogP contribution in [-0.4, -0.2) is 22.5 Å². The summed E-state index contributed by atoms with van der Waals surface area (Å²) >= 11 is 1.58. The first kappa shape index (κ1) is 14.6. The van der Waals surface area contributed by atoms with E-state index in [0.717, 1.165) is 10.6 Å². The average molecular weight is 285 g/mol. The molecule has 4 nitrogen and oxygen atoms in total. The minimum atomic E-state index is -0.333. The van der Waals surface area contributed by atoms with Crippen molar-refractivity contribution in [2.75, 3.05) is 6.61 Å². The Morgan fingerprint density at radius 2 is 2.33 bits per heavy atom. The van der Waals surface area contributed by atoms with Gasteiger partial charge in [0.25, 0.3) is 0 Å². The summed E-state index contributed by atoms with van der Waals surface area (Å²) in [5.41, 5.74) is 3.29. The molecule has 6 heteroatoms. The van der Waals surface area contributed by atoms with Crippen molar-refractivity contribution in [1.29, 1.82) is 0 Å². The molecule has 0 fully saturated rings. The predicted octanol–water partition coefficient (Wildman–Crippen LogP) is 2.67. The minimum Gasteiger partial charge on any atom is -0.462 e. The molecule has 18 heavy (non-hydrogen) atoms. The molecule has 0 aliphatic heterocycles. The Morgan fingerprint density at radius 3 is 2.94 bits per heavy atom. The number of esters is 1. The average Bonchev–Trinajstić information content (AvgIpc) is 2.76. The summed E-state index contributed by atoms with van der Waals surface area (Å²) in [6.45, 7) is 2.32. The van der Waals surface area contributed by atoms with Crippen molar-refractivity contribution in [3.05, 3.63) is 46.2 Å². The first-order chi connectivity index (χ1) is 8.27. The lowest BCUT2D eigenvalue weighted by Gasteiger charge is -2.03. The molecule has 0 N–H and O–H groups in total. The second-order valence-corrected chi connectivity index (χ2v) is 4.43. The van der Waals surface area contributed by atoms with Crippen LogP contribution in [0.2, 0.25) is 0 Å². The standard InChI is InChI=1S/C12H12N2O2S.ClH/c1-9-11(17-8-14-9)4-6-16-12(15)10-3-2-5-13-7-10;/h2-3,5,7-8H,4,6H2,1H3;1H. The second-order valence-electron chi connectivity index (χ2n) is 3.49. The third kappa shape index (κ3) is 3.78. The summed E-state index contributed by atoms with van der Waals surface area (Å²) in [6.07, 6.45) is 3.83. The smallest absolute Gasteiger partial charge is 0.339 e. The summed E-state index contributed by atoms with van der Waals surface area (Å²) in [7, 11) is 0. The maximum atomic E-state index is 11.6. The molecular formula is C12H13ClN2O2S. The fourth-order valence-corrected chi connectivity index (χ4v) is 2.13. The topological polar surface area (TPSA) is 52.1 Å². The van der Waals surface area contributed by atoms with Gasteiger partial charge < -0.3 is 4.74 Å². The molecule has 0 atom stereocenters. The van der Waals surface area contributed by atoms with Gasteiger partial charge in [-0.25, -0.2) is 9.78 Å². The van der Waals surface area contributed by atoms with E-state index in [0.29, 0.717) is 18.6 Å². The number of thiazole rings is 1. The van der Waals surface area contributed by atoms with Crippen LogP contribution in [0.25, 0.3) is 0 Å². The lowest BCUT2D eigenvalue weighted by Crippen LogP contribution is -2.08. The maximum absolute atomic E-state index is 11.6. The molecule has 0 saturated carbocycles. The van der Waals surface area contributed by atoms with Crippen LogP contribution in [0.15, 0.2) is 30.0 Å². The van der Waals surface area contributed by atoms with E-state index in [1.165, 1.54) is 6.20 Å². The molecule has 0 radical (unpaired) electrons. The van der Waals surface area contributed by atoms with Crippen LogP contribution in [0.4, 0.5) is 0 Å². The minimum absolute atomic E-state index is 0. The number of hydrogen-bond donors (Lipinski definition) is 0. The van der Waals surface area contributed by atoms with E-state index in [1.807, 2.05) is 6.92 Å². The predicted molar refractivity (Wildman–Crippen MR) is 72.3 cm³/mol. The van der Waals surface area contributed by atoms with Crippen molar-refractivity contribution >= 4 is 29.7 Å². The molecule has 2 aromatic heterocycles. The van der Waals surface area contributed by atoms with Gasteiger partial charge in [0.05, 0.1) is 23.4 Å². The van der Waals surface area contributed by atoms with Crippen LogP contribution in [0.1, 0.15) is 20.9 Å². The molecule has 0 aliphatic rings. The third-order valence-electron chi connectivity index (χ3n) is 2.30. The highest BCUT2D eigenvalue weighted by molar-refractivity contribution is 7.09. The van der Waals surface area contributed by atoms with E-state index in [9.17, 15) is 4.79 Å². The van der Waals surface area contributed by atoms with Crippen LogP contribution in [-0.2, 0) is 11.2 Å². The van der Waals surface area contributed by atoms with Gasteiger partial charge in [-0.1, -0.05) is 0 Å². The second kappa shape index (κ2) is 7.08. The molecule has 2 heterocycles. The Kier molecular flexibility index (Phi) is 5.74. The SMILES string of the molecule is Cc1ncsc1CCOC(=O)c1cccnc1.Cl. The van der Waals surface area contributed by atoms with Crippen LogP contribution in [0.3, 0.4) is 0 Å². The van der Waals surface area contributed by atoms with Crippen LogP contribution < -0.4 is 0 Å². The zero-order valence-corrected chi connectivity index (χ0v) is 11.5. The highest BCUT2D eigenvalue weighted by Crippen LogP contribution is 2.12. The lowest BCUT2D eigenvalue weighted by molar-refractivity contribution is 0.0509. The number of rotatable bonds is 4.